The second-order valence-electron chi connectivity index (χ2n) is 7.70. The average molecular weight is 454 g/mol. The molecule has 7 nitrogen and oxygen atoms in total. The van der Waals surface area contributed by atoms with Crippen LogP contribution in [0.1, 0.15) is 42.7 Å². The van der Waals surface area contributed by atoms with Gasteiger partial charge in [-0.3, -0.25) is 4.79 Å². The second-order valence-corrected chi connectivity index (χ2v) is 8.09. The molecular formula is C24H27N3O4S. The number of nitrogens with one attached hydrogen (secondary N) is 2. The standard InChI is InChI=1S/C24H27N3O4S/c1-14(2)31-23(29)20-15(3)27(4)24(32)26-21(20)16-6-10-18(11-7-16)25-22(28)17-8-12-19(30-5)13-9-17/h6-14,21H,1-5H3,(H,25,28)(H,26,32). The van der Waals surface area contributed by atoms with Gasteiger partial charge in [-0.15, -0.1) is 0 Å². The number of esters is 1. The molecule has 0 saturated heterocycles. The monoisotopic (exact) mass is 453 g/mol. The molecule has 0 aromatic heterocycles. The summed E-state index contributed by atoms with van der Waals surface area (Å²) in [4.78, 5) is 27.1. The molecule has 0 spiro atoms. The van der Waals surface area contributed by atoms with Crippen LogP contribution < -0.4 is 15.4 Å². The third-order valence-electron chi connectivity index (χ3n) is 5.17. The molecular weight excluding hydrogens is 426 g/mol. The Morgan fingerprint density at radius 1 is 1.09 bits per heavy atom. The molecule has 1 aliphatic heterocycles. The Hall–Kier alpha value is -3.39. The number of benzene rings is 2. The van der Waals surface area contributed by atoms with E-state index in [4.69, 9.17) is 21.7 Å². The van der Waals surface area contributed by atoms with Crippen molar-refractivity contribution in [2.45, 2.75) is 32.9 Å². The Morgan fingerprint density at radius 2 is 1.72 bits per heavy atom. The fraction of sp³-hybridized carbons (Fsp3) is 0.292. The smallest absolute Gasteiger partial charge is 0.338 e. The van der Waals surface area contributed by atoms with E-state index in [1.54, 1.807) is 55.5 Å². The molecule has 1 atom stereocenters. The van der Waals surface area contributed by atoms with Crippen LogP contribution in [0.5, 0.6) is 5.75 Å². The van der Waals surface area contributed by atoms with Gasteiger partial charge in [0.15, 0.2) is 5.11 Å². The lowest BCUT2D eigenvalue weighted by molar-refractivity contribution is -0.143. The first-order valence-electron chi connectivity index (χ1n) is 10.2. The molecule has 0 radical (unpaired) electrons. The van der Waals surface area contributed by atoms with E-state index in [0.717, 1.165) is 11.3 Å². The summed E-state index contributed by atoms with van der Waals surface area (Å²) >= 11 is 5.43. The zero-order chi connectivity index (χ0) is 23.4. The molecule has 0 aliphatic carbocycles. The van der Waals surface area contributed by atoms with Crippen molar-refractivity contribution in [3.05, 3.63) is 70.9 Å². The van der Waals surface area contributed by atoms with E-state index in [1.807, 2.05) is 32.9 Å². The van der Waals surface area contributed by atoms with Gasteiger partial charge in [-0.25, -0.2) is 4.79 Å². The summed E-state index contributed by atoms with van der Waals surface area (Å²) in [5.41, 5.74) is 3.23. The predicted molar refractivity (Wildman–Crippen MR) is 128 cm³/mol. The van der Waals surface area contributed by atoms with Gasteiger partial charge < -0.3 is 25.0 Å². The van der Waals surface area contributed by atoms with Crippen LogP contribution in [-0.4, -0.2) is 42.2 Å². The maximum absolute atomic E-state index is 12.8. The van der Waals surface area contributed by atoms with E-state index in [2.05, 4.69) is 10.6 Å². The molecule has 2 aromatic carbocycles. The second kappa shape index (κ2) is 9.82. The largest absolute Gasteiger partial charge is 0.497 e. The number of hydrogen-bond acceptors (Lipinski definition) is 5. The number of methoxy groups -OCH3 is 1. The highest BCUT2D eigenvalue weighted by Crippen LogP contribution is 2.31. The number of carbonyl (C=O) groups is 2. The molecule has 2 N–H and O–H groups in total. The van der Waals surface area contributed by atoms with Gasteiger partial charge in [0.1, 0.15) is 5.75 Å². The van der Waals surface area contributed by atoms with Crippen molar-refractivity contribution in [1.82, 2.24) is 10.2 Å². The fourth-order valence-electron chi connectivity index (χ4n) is 3.33. The van der Waals surface area contributed by atoms with Crippen LogP contribution in [0.4, 0.5) is 5.69 Å². The lowest BCUT2D eigenvalue weighted by Crippen LogP contribution is -2.46. The van der Waals surface area contributed by atoms with E-state index in [1.165, 1.54) is 0 Å². The summed E-state index contributed by atoms with van der Waals surface area (Å²) in [7, 11) is 3.38. The molecule has 0 saturated carbocycles. The number of amides is 1. The first kappa shape index (κ1) is 23.3. The highest BCUT2D eigenvalue weighted by molar-refractivity contribution is 7.80. The maximum atomic E-state index is 12.8. The SMILES string of the molecule is COc1ccc(C(=O)Nc2ccc(C3NC(=S)N(C)C(C)=C3C(=O)OC(C)C)cc2)cc1. The lowest BCUT2D eigenvalue weighted by Gasteiger charge is -2.35. The van der Waals surface area contributed by atoms with E-state index in [-0.39, 0.29) is 18.0 Å². The minimum Gasteiger partial charge on any atom is -0.497 e. The number of hydrogen-bond donors (Lipinski definition) is 2. The lowest BCUT2D eigenvalue weighted by atomic mass is 9.95. The van der Waals surface area contributed by atoms with Crippen molar-refractivity contribution in [1.29, 1.82) is 0 Å². The molecule has 8 heteroatoms. The van der Waals surface area contributed by atoms with Crippen molar-refractivity contribution in [2.75, 3.05) is 19.5 Å². The molecule has 2 aromatic rings. The molecule has 0 bridgehead atoms. The first-order chi connectivity index (χ1) is 15.2. The maximum Gasteiger partial charge on any atom is 0.338 e. The number of nitrogens with zero attached hydrogens (tertiary/aromatic N) is 1. The summed E-state index contributed by atoms with van der Waals surface area (Å²) < 4.78 is 10.6. The summed E-state index contributed by atoms with van der Waals surface area (Å²) in [6.45, 7) is 5.47. The van der Waals surface area contributed by atoms with Gasteiger partial charge in [-0.2, -0.15) is 0 Å². The highest BCUT2D eigenvalue weighted by atomic mass is 32.1. The van der Waals surface area contributed by atoms with Gasteiger partial charge in [-0.05, 0) is 75.0 Å². The number of anilines is 1. The number of allylic oxidation sites excluding steroid dienone is 1. The summed E-state index contributed by atoms with van der Waals surface area (Å²) in [5.74, 6) is 0.0711. The molecule has 0 fully saturated rings. The van der Waals surface area contributed by atoms with Crippen LogP contribution >= 0.6 is 12.2 Å². The van der Waals surface area contributed by atoms with E-state index < -0.39 is 6.04 Å². The van der Waals surface area contributed by atoms with Gasteiger partial charge >= 0.3 is 5.97 Å². The number of carbonyl (C=O) groups excluding carboxylic acids is 2. The topological polar surface area (TPSA) is 79.9 Å². The van der Waals surface area contributed by atoms with Crippen LogP contribution in [-0.2, 0) is 9.53 Å². The molecule has 1 unspecified atom stereocenters. The Bertz CT molecular complexity index is 1050. The van der Waals surface area contributed by atoms with Gasteiger partial charge in [0.2, 0.25) is 0 Å². The van der Waals surface area contributed by atoms with Gasteiger partial charge in [-0.1, -0.05) is 12.1 Å². The Morgan fingerprint density at radius 3 is 2.28 bits per heavy atom. The number of thiocarbonyl (C=S) groups is 1. The van der Waals surface area contributed by atoms with Crippen LogP contribution in [0.15, 0.2) is 59.8 Å². The number of ether oxygens (including phenoxy) is 2. The van der Waals surface area contributed by atoms with Crippen molar-refractivity contribution >= 4 is 34.9 Å². The highest BCUT2D eigenvalue weighted by Gasteiger charge is 2.33. The zero-order valence-corrected chi connectivity index (χ0v) is 19.6. The van der Waals surface area contributed by atoms with Crippen LogP contribution in [0, 0.1) is 0 Å². The summed E-state index contributed by atoms with van der Waals surface area (Å²) in [6, 6.07) is 13.7. The molecule has 168 valence electrons. The van der Waals surface area contributed by atoms with E-state index in [9.17, 15) is 9.59 Å². The van der Waals surface area contributed by atoms with Crippen LogP contribution in [0.2, 0.25) is 0 Å². The predicted octanol–water partition coefficient (Wildman–Crippen LogP) is 4.03. The first-order valence-corrected chi connectivity index (χ1v) is 10.6. The molecule has 1 amide bonds. The Balaban J connectivity index is 1.81. The summed E-state index contributed by atoms with van der Waals surface area (Å²) in [5, 5.41) is 6.61. The quantitative estimate of drug-likeness (QED) is 0.505. The van der Waals surface area contributed by atoms with Gasteiger partial charge in [0.25, 0.3) is 5.91 Å². The minimum atomic E-state index is -0.448. The third-order valence-corrected chi connectivity index (χ3v) is 5.56. The molecule has 1 aliphatic rings. The van der Waals surface area contributed by atoms with Gasteiger partial charge in [0.05, 0.1) is 24.8 Å². The van der Waals surface area contributed by atoms with Crippen LogP contribution in [0.25, 0.3) is 0 Å². The molecule has 32 heavy (non-hydrogen) atoms. The van der Waals surface area contributed by atoms with Gasteiger partial charge in [0, 0.05) is 24.0 Å². The third kappa shape index (κ3) is 5.08. The van der Waals surface area contributed by atoms with Crippen molar-refractivity contribution in [2.24, 2.45) is 0 Å². The molecule has 3 rings (SSSR count). The van der Waals surface area contributed by atoms with Crippen LogP contribution in [0.3, 0.4) is 0 Å². The fourth-order valence-corrected chi connectivity index (χ4v) is 3.59. The zero-order valence-electron chi connectivity index (χ0n) is 18.8. The van der Waals surface area contributed by atoms with Crippen molar-refractivity contribution in [3.8, 4) is 5.75 Å². The normalized spacial score (nSPS) is 16.0. The Kier molecular flexibility index (Phi) is 7.15. The Labute approximate surface area is 193 Å². The minimum absolute atomic E-state index is 0.226. The van der Waals surface area contributed by atoms with Crippen molar-refractivity contribution in [3.63, 3.8) is 0 Å². The van der Waals surface area contributed by atoms with E-state index >= 15 is 0 Å². The average Bonchev–Trinajstić information content (AvgIpc) is 2.77. The van der Waals surface area contributed by atoms with Crippen molar-refractivity contribution < 1.29 is 19.1 Å². The molecule has 1 heterocycles. The number of rotatable bonds is 6. The van der Waals surface area contributed by atoms with E-state index in [0.29, 0.717) is 27.7 Å². The summed E-state index contributed by atoms with van der Waals surface area (Å²) in [6.07, 6.45) is -0.238.